The Balaban J connectivity index is 1.65. The van der Waals surface area contributed by atoms with Crippen LogP contribution in [0.1, 0.15) is 22.1 Å². The molecule has 0 aliphatic heterocycles. The molecule has 0 aliphatic carbocycles. The lowest BCUT2D eigenvalue weighted by Gasteiger charge is -2.03. The highest BCUT2D eigenvalue weighted by Gasteiger charge is 2.10. The Kier molecular flexibility index (Phi) is 3.96. The normalized spacial score (nSPS) is 10.5. The highest BCUT2D eigenvalue weighted by Crippen LogP contribution is 2.19. The van der Waals surface area contributed by atoms with E-state index in [0.717, 1.165) is 6.42 Å². The Labute approximate surface area is 127 Å². The van der Waals surface area contributed by atoms with Crippen molar-refractivity contribution in [3.05, 3.63) is 71.9 Å². The summed E-state index contributed by atoms with van der Waals surface area (Å²) >= 11 is 0. The first kappa shape index (κ1) is 14.0. The molecule has 0 saturated carbocycles. The summed E-state index contributed by atoms with van der Waals surface area (Å²) in [6, 6.07) is 18.5. The molecule has 3 aromatic rings. The minimum Gasteiger partial charge on any atom is -0.363 e. The molecule has 0 aliphatic rings. The zero-order valence-corrected chi connectivity index (χ0v) is 11.9. The van der Waals surface area contributed by atoms with Crippen LogP contribution in [0.5, 0.6) is 0 Å². The third-order valence-electron chi connectivity index (χ3n) is 3.38. The highest BCUT2D eigenvalue weighted by molar-refractivity contribution is 5.88. The lowest BCUT2D eigenvalue weighted by atomic mass is 10.0. The van der Waals surface area contributed by atoms with E-state index in [9.17, 15) is 4.79 Å². The van der Waals surface area contributed by atoms with Crippen LogP contribution in [-0.4, -0.2) is 16.0 Å². The first-order valence-electron chi connectivity index (χ1n) is 6.99. The second-order valence-electron chi connectivity index (χ2n) is 4.94. The fourth-order valence-electron chi connectivity index (χ4n) is 2.20. The number of benzene rings is 2. The second-order valence-corrected chi connectivity index (χ2v) is 4.94. The van der Waals surface area contributed by atoms with Gasteiger partial charge < -0.3 is 10.3 Å². The largest absolute Gasteiger partial charge is 0.363 e. The van der Waals surface area contributed by atoms with E-state index in [-0.39, 0.29) is 5.82 Å². The van der Waals surface area contributed by atoms with E-state index in [1.807, 2.05) is 18.2 Å². The average molecular weight is 293 g/mol. The van der Waals surface area contributed by atoms with E-state index < -0.39 is 5.91 Å². The molecule has 110 valence electrons. The number of amides is 1. The molecule has 2 aromatic carbocycles. The first-order valence-corrected chi connectivity index (χ1v) is 6.99. The molecule has 1 heterocycles. The number of carbonyl (C=O) groups is 1. The molecule has 1 amide bonds. The van der Waals surface area contributed by atoms with Gasteiger partial charge in [0.15, 0.2) is 0 Å². The fourth-order valence-corrected chi connectivity index (χ4v) is 2.20. The summed E-state index contributed by atoms with van der Waals surface area (Å²) in [7, 11) is 0. The van der Waals surface area contributed by atoms with Crippen LogP contribution in [0.25, 0.3) is 11.1 Å². The van der Waals surface area contributed by atoms with Gasteiger partial charge in [0.25, 0.3) is 11.7 Å². The monoisotopic (exact) mass is 293 g/mol. The second kappa shape index (κ2) is 6.22. The maximum Gasteiger partial charge on any atom is 0.290 e. The van der Waals surface area contributed by atoms with Crippen LogP contribution in [-0.2, 0) is 12.8 Å². The maximum atomic E-state index is 10.9. The van der Waals surface area contributed by atoms with Gasteiger partial charge in [-0.25, -0.2) is 0 Å². The molecular formula is C17H15N3O2. The molecule has 0 spiro atoms. The summed E-state index contributed by atoms with van der Waals surface area (Å²) in [6.45, 7) is 0. The number of carbonyl (C=O) groups excluding carboxylic acids is 1. The molecule has 0 atom stereocenters. The third kappa shape index (κ3) is 3.20. The molecule has 0 saturated heterocycles. The third-order valence-corrected chi connectivity index (χ3v) is 3.38. The van der Waals surface area contributed by atoms with Crippen LogP contribution < -0.4 is 5.73 Å². The molecule has 5 nitrogen and oxygen atoms in total. The predicted octanol–water partition coefficient (Wildman–Crippen LogP) is 2.62. The van der Waals surface area contributed by atoms with Gasteiger partial charge in [0, 0.05) is 6.42 Å². The number of hydrogen-bond donors (Lipinski definition) is 1. The molecular weight excluding hydrogens is 278 g/mol. The van der Waals surface area contributed by atoms with Crippen molar-refractivity contribution >= 4 is 5.91 Å². The Hall–Kier alpha value is -2.95. The summed E-state index contributed by atoms with van der Waals surface area (Å²) < 4.78 is 4.98. The quantitative estimate of drug-likeness (QED) is 0.784. The SMILES string of the molecule is NC(=O)c1noc(CCc2ccc(-c3ccccc3)cc2)n1. The van der Waals surface area contributed by atoms with Crippen molar-refractivity contribution in [2.75, 3.05) is 0 Å². The molecule has 0 radical (unpaired) electrons. The molecule has 22 heavy (non-hydrogen) atoms. The topological polar surface area (TPSA) is 82.0 Å². The van der Waals surface area contributed by atoms with E-state index >= 15 is 0 Å². The molecule has 0 bridgehead atoms. The Morgan fingerprint density at radius 3 is 2.27 bits per heavy atom. The standard InChI is InChI=1S/C17H15N3O2/c18-16(21)17-19-15(22-20-17)11-8-12-6-9-14(10-7-12)13-4-2-1-3-5-13/h1-7,9-10H,8,11H2,(H2,18,21). The van der Waals surface area contributed by atoms with E-state index in [1.54, 1.807) is 0 Å². The van der Waals surface area contributed by atoms with E-state index in [4.69, 9.17) is 10.3 Å². The fraction of sp³-hybridized carbons (Fsp3) is 0.118. The number of primary amides is 1. The maximum absolute atomic E-state index is 10.9. The predicted molar refractivity (Wildman–Crippen MR) is 82.1 cm³/mol. The van der Waals surface area contributed by atoms with Crippen LogP contribution in [0.15, 0.2) is 59.1 Å². The van der Waals surface area contributed by atoms with Crippen molar-refractivity contribution in [2.45, 2.75) is 12.8 Å². The number of aryl methyl sites for hydroxylation is 2. The smallest absolute Gasteiger partial charge is 0.290 e. The summed E-state index contributed by atoms with van der Waals surface area (Å²) in [5.41, 5.74) is 8.62. The minimum atomic E-state index is -0.679. The molecule has 0 unspecified atom stereocenters. The molecule has 3 rings (SSSR count). The van der Waals surface area contributed by atoms with E-state index in [1.165, 1.54) is 16.7 Å². The van der Waals surface area contributed by atoms with Gasteiger partial charge in [-0.05, 0) is 23.1 Å². The Morgan fingerprint density at radius 1 is 0.955 bits per heavy atom. The van der Waals surface area contributed by atoms with E-state index in [0.29, 0.717) is 12.3 Å². The number of nitrogens with zero attached hydrogens (tertiary/aromatic N) is 2. The van der Waals surface area contributed by atoms with Crippen LogP contribution in [0, 0.1) is 0 Å². The van der Waals surface area contributed by atoms with Crippen molar-refractivity contribution in [1.29, 1.82) is 0 Å². The van der Waals surface area contributed by atoms with Gasteiger partial charge in [0.05, 0.1) is 0 Å². The first-order chi connectivity index (χ1) is 10.7. The van der Waals surface area contributed by atoms with Crippen molar-refractivity contribution in [3.63, 3.8) is 0 Å². The number of aromatic nitrogens is 2. The van der Waals surface area contributed by atoms with Crippen molar-refractivity contribution in [3.8, 4) is 11.1 Å². The van der Waals surface area contributed by atoms with Gasteiger partial charge in [-0.1, -0.05) is 59.8 Å². The summed E-state index contributed by atoms with van der Waals surface area (Å²) in [4.78, 5) is 14.8. The van der Waals surface area contributed by atoms with Crippen molar-refractivity contribution in [2.24, 2.45) is 5.73 Å². The van der Waals surface area contributed by atoms with E-state index in [2.05, 4.69) is 46.5 Å². The van der Waals surface area contributed by atoms with Gasteiger partial charge in [-0.3, -0.25) is 4.79 Å². The van der Waals surface area contributed by atoms with Gasteiger partial charge in [-0.15, -0.1) is 0 Å². The lowest BCUT2D eigenvalue weighted by Crippen LogP contribution is -2.12. The molecule has 5 heteroatoms. The van der Waals surface area contributed by atoms with Gasteiger partial charge in [0.2, 0.25) is 5.89 Å². The van der Waals surface area contributed by atoms with Gasteiger partial charge >= 0.3 is 0 Å². The molecule has 2 N–H and O–H groups in total. The van der Waals surface area contributed by atoms with Crippen LogP contribution in [0.2, 0.25) is 0 Å². The number of nitrogens with two attached hydrogens (primary N) is 1. The summed E-state index contributed by atoms with van der Waals surface area (Å²) in [6.07, 6.45) is 1.33. The van der Waals surface area contributed by atoms with Crippen LogP contribution in [0.4, 0.5) is 0 Å². The van der Waals surface area contributed by atoms with Gasteiger partial charge in [0.1, 0.15) is 0 Å². The Bertz CT molecular complexity index is 764. The average Bonchev–Trinajstić information content (AvgIpc) is 3.04. The summed E-state index contributed by atoms with van der Waals surface area (Å²) in [5, 5.41) is 3.52. The highest BCUT2D eigenvalue weighted by atomic mass is 16.5. The zero-order chi connectivity index (χ0) is 15.4. The molecule has 0 fully saturated rings. The number of rotatable bonds is 5. The van der Waals surface area contributed by atoms with Gasteiger partial charge in [-0.2, -0.15) is 4.98 Å². The van der Waals surface area contributed by atoms with Crippen molar-refractivity contribution < 1.29 is 9.32 Å². The number of hydrogen-bond acceptors (Lipinski definition) is 4. The zero-order valence-electron chi connectivity index (χ0n) is 11.9. The lowest BCUT2D eigenvalue weighted by molar-refractivity contribution is 0.0987. The van der Waals surface area contributed by atoms with Crippen molar-refractivity contribution in [1.82, 2.24) is 10.1 Å². The summed E-state index contributed by atoms with van der Waals surface area (Å²) in [5.74, 6) is -0.336. The van der Waals surface area contributed by atoms with Crippen LogP contribution in [0.3, 0.4) is 0 Å². The molecule has 1 aromatic heterocycles. The Morgan fingerprint density at radius 2 is 1.64 bits per heavy atom. The minimum absolute atomic E-state index is 0.0746. The van der Waals surface area contributed by atoms with Crippen LogP contribution >= 0.6 is 0 Å².